The molecule has 0 spiro atoms. The summed E-state index contributed by atoms with van der Waals surface area (Å²) >= 11 is 0. The summed E-state index contributed by atoms with van der Waals surface area (Å²) in [5.41, 5.74) is 9.21. The Morgan fingerprint density at radius 2 is 2.13 bits per heavy atom. The number of ether oxygens (including phenoxy) is 1. The van der Waals surface area contributed by atoms with E-state index in [1.54, 1.807) is 0 Å². The topological polar surface area (TPSA) is 38.5 Å². The summed E-state index contributed by atoms with van der Waals surface area (Å²) in [6, 6.07) is 6.10. The predicted octanol–water partition coefficient (Wildman–Crippen LogP) is 1.80. The molecule has 0 amide bonds. The Morgan fingerprint density at radius 1 is 1.27 bits per heavy atom. The van der Waals surface area contributed by atoms with E-state index in [4.69, 9.17) is 10.5 Å². The smallest absolute Gasteiger partial charge is 0.0641 e. The van der Waals surface area contributed by atoms with Crippen LogP contribution in [0.1, 0.15) is 12.0 Å². The first-order valence-corrected chi connectivity index (χ1v) is 5.47. The van der Waals surface area contributed by atoms with Gasteiger partial charge in [0.25, 0.3) is 0 Å². The first kappa shape index (κ1) is 10.3. The van der Waals surface area contributed by atoms with Crippen LogP contribution >= 0.6 is 0 Å². The molecule has 1 aliphatic rings. The highest BCUT2D eigenvalue weighted by Gasteiger charge is 2.12. The molecule has 0 radical (unpaired) electrons. The van der Waals surface area contributed by atoms with E-state index in [2.05, 4.69) is 17.9 Å². The van der Waals surface area contributed by atoms with E-state index in [1.807, 2.05) is 12.1 Å². The minimum absolute atomic E-state index is 0.814. The van der Waals surface area contributed by atoms with Crippen molar-refractivity contribution in [3.8, 4) is 0 Å². The van der Waals surface area contributed by atoms with Gasteiger partial charge in [0, 0.05) is 31.1 Å². The fourth-order valence-corrected chi connectivity index (χ4v) is 1.97. The van der Waals surface area contributed by atoms with Crippen molar-refractivity contribution in [3.63, 3.8) is 0 Å². The number of nitrogen functional groups attached to an aromatic ring is 1. The van der Waals surface area contributed by atoms with E-state index in [1.165, 1.54) is 11.3 Å². The number of nitrogens with zero attached hydrogens (tertiary/aromatic N) is 1. The Bertz CT molecular complexity index is 330. The molecular formula is C12H18N2O. The van der Waals surface area contributed by atoms with Crippen molar-refractivity contribution in [2.45, 2.75) is 13.3 Å². The van der Waals surface area contributed by atoms with Gasteiger partial charge in [0.15, 0.2) is 0 Å². The molecule has 1 aromatic rings. The summed E-state index contributed by atoms with van der Waals surface area (Å²) in [5.74, 6) is 0. The molecule has 0 unspecified atom stereocenters. The van der Waals surface area contributed by atoms with Crippen LogP contribution in [0.25, 0.3) is 0 Å². The molecule has 15 heavy (non-hydrogen) atoms. The van der Waals surface area contributed by atoms with E-state index in [9.17, 15) is 0 Å². The number of hydrogen-bond donors (Lipinski definition) is 1. The number of hydrogen-bond acceptors (Lipinski definition) is 3. The van der Waals surface area contributed by atoms with E-state index >= 15 is 0 Å². The lowest BCUT2D eigenvalue weighted by atomic mass is 10.1. The zero-order chi connectivity index (χ0) is 10.7. The van der Waals surface area contributed by atoms with Crippen LogP contribution in [-0.2, 0) is 4.74 Å². The first-order valence-electron chi connectivity index (χ1n) is 5.47. The minimum Gasteiger partial charge on any atom is -0.398 e. The van der Waals surface area contributed by atoms with E-state index in [-0.39, 0.29) is 0 Å². The third-order valence-corrected chi connectivity index (χ3v) is 2.91. The molecule has 1 heterocycles. The molecule has 2 N–H and O–H groups in total. The molecular weight excluding hydrogens is 188 g/mol. The van der Waals surface area contributed by atoms with Crippen molar-refractivity contribution in [1.29, 1.82) is 0 Å². The van der Waals surface area contributed by atoms with Gasteiger partial charge >= 0.3 is 0 Å². The summed E-state index contributed by atoms with van der Waals surface area (Å²) in [4.78, 5) is 2.36. The van der Waals surface area contributed by atoms with Crippen LogP contribution in [0.5, 0.6) is 0 Å². The van der Waals surface area contributed by atoms with Gasteiger partial charge in [-0.05, 0) is 31.0 Å². The Labute approximate surface area is 90.8 Å². The molecule has 0 aromatic heterocycles. The van der Waals surface area contributed by atoms with E-state index in [0.717, 1.165) is 38.4 Å². The molecule has 0 bridgehead atoms. The maximum atomic E-state index is 5.91. The van der Waals surface area contributed by atoms with Crippen molar-refractivity contribution >= 4 is 11.4 Å². The van der Waals surface area contributed by atoms with Gasteiger partial charge in [-0.15, -0.1) is 0 Å². The highest BCUT2D eigenvalue weighted by molar-refractivity contribution is 5.64. The Balaban J connectivity index is 2.23. The van der Waals surface area contributed by atoms with Gasteiger partial charge in [0.2, 0.25) is 0 Å². The Morgan fingerprint density at radius 3 is 3.00 bits per heavy atom. The van der Waals surface area contributed by atoms with Gasteiger partial charge < -0.3 is 15.4 Å². The molecule has 3 heteroatoms. The van der Waals surface area contributed by atoms with Crippen LogP contribution in [-0.4, -0.2) is 26.3 Å². The van der Waals surface area contributed by atoms with Gasteiger partial charge in [-0.25, -0.2) is 0 Å². The summed E-state index contributed by atoms with van der Waals surface area (Å²) in [6.45, 7) is 5.79. The fourth-order valence-electron chi connectivity index (χ4n) is 1.97. The quantitative estimate of drug-likeness (QED) is 0.712. The second kappa shape index (κ2) is 4.53. The molecule has 0 atom stereocenters. The number of rotatable bonds is 1. The zero-order valence-electron chi connectivity index (χ0n) is 9.20. The fraction of sp³-hybridized carbons (Fsp3) is 0.500. The summed E-state index contributed by atoms with van der Waals surface area (Å²) < 4.78 is 5.44. The molecule has 3 nitrogen and oxygen atoms in total. The summed E-state index contributed by atoms with van der Waals surface area (Å²) in [7, 11) is 0. The number of anilines is 2. The van der Waals surface area contributed by atoms with Gasteiger partial charge in [-0.2, -0.15) is 0 Å². The first-order chi connectivity index (χ1) is 7.29. The maximum Gasteiger partial charge on any atom is 0.0641 e. The molecule has 1 aliphatic heterocycles. The molecule has 1 aromatic carbocycles. The largest absolute Gasteiger partial charge is 0.398 e. The van der Waals surface area contributed by atoms with Crippen molar-refractivity contribution in [2.75, 3.05) is 36.9 Å². The molecule has 1 saturated heterocycles. The second-order valence-corrected chi connectivity index (χ2v) is 3.94. The van der Waals surface area contributed by atoms with Crippen LogP contribution < -0.4 is 10.6 Å². The van der Waals surface area contributed by atoms with Gasteiger partial charge in [0.1, 0.15) is 0 Å². The van der Waals surface area contributed by atoms with Crippen LogP contribution in [0.15, 0.2) is 18.2 Å². The van der Waals surface area contributed by atoms with Crippen LogP contribution in [0, 0.1) is 6.92 Å². The van der Waals surface area contributed by atoms with Gasteiger partial charge in [-0.3, -0.25) is 0 Å². The van der Waals surface area contributed by atoms with Crippen molar-refractivity contribution < 1.29 is 4.74 Å². The highest BCUT2D eigenvalue weighted by atomic mass is 16.5. The maximum absolute atomic E-state index is 5.91. The van der Waals surface area contributed by atoms with Crippen molar-refractivity contribution in [3.05, 3.63) is 23.8 Å². The average Bonchev–Trinajstić information content (AvgIpc) is 2.50. The molecule has 0 aliphatic carbocycles. The van der Waals surface area contributed by atoms with Crippen molar-refractivity contribution in [2.24, 2.45) is 0 Å². The molecule has 82 valence electrons. The normalized spacial score (nSPS) is 17.5. The van der Waals surface area contributed by atoms with Crippen LogP contribution in [0.3, 0.4) is 0 Å². The Kier molecular flexibility index (Phi) is 3.11. The molecule has 0 saturated carbocycles. The third-order valence-electron chi connectivity index (χ3n) is 2.91. The van der Waals surface area contributed by atoms with Gasteiger partial charge in [-0.1, -0.05) is 6.07 Å². The minimum atomic E-state index is 0.814. The lowest BCUT2D eigenvalue weighted by molar-refractivity contribution is 0.152. The molecule has 2 rings (SSSR count). The highest BCUT2D eigenvalue weighted by Crippen LogP contribution is 2.25. The number of nitrogens with two attached hydrogens (primary N) is 1. The standard InChI is InChI=1S/C12H18N2O/c1-10-11(13)4-2-5-12(10)14-6-3-8-15-9-7-14/h2,4-5H,3,6-9,13H2,1H3. The monoisotopic (exact) mass is 206 g/mol. The summed E-state index contributed by atoms with van der Waals surface area (Å²) in [6.07, 6.45) is 1.09. The Hall–Kier alpha value is -1.22. The number of benzene rings is 1. The van der Waals surface area contributed by atoms with Crippen LogP contribution in [0.4, 0.5) is 11.4 Å². The lowest BCUT2D eigenvalue weighted by Crippen LogP contribution is -2.26. The second-order valence-electron chi connectivity index (χ2n) is 3.94. The zero-order valence-corrected chi connectivity index (χ0v) is 9.20. The van der Waals surface area contributed by atoms with Crippen molar-refractivity contribution in [1.82, 2.24) is 0 Å². The average molecular weight is 206 g/mol. The predicted molar refractivity (Wildman–Crippen MR) is 63.2 cm³/mol. The van der Waals surface area contributed by atoms with Crippen LogP contribution in [0.2, 0.25) is 0 Å². The summed E-state index contributed by atoms with van der Waals surface area (Å²) in [5, 5.41) is 0. The lowest BCUT2D eigenvalue weighted by Gasteiger charge is -2.24. The molecule has 1 fully saturated rings. The van der Waals surface area contributed by atoms with E-state index < -0.39 is 0 Å². The van der Waals surface area contributed by atoms with E-state index in [0.29, 0.717) is 0 Å². The third kappa shape index (κ3) is 2.23. The SMILES string of the molecule is Cc1c(N)cccc1N1CCCOCC1. The van der Waals surface area contributed by atoms with Gasteiger partial charge in [0.05, 0.1) is 6.61 Å².